The van der Waals surface area contributed by atoms with Gasteiger partial charge in [-0.1, -0.05) is 26.0 Å². The molecule has 0 saturated carbocycles. The van der Waals surface area contributed by atoms with E-state index in [1.165, 1.54) is 12.7 Å². The fraction of sp³-hybridized carbons (Fsp3) is 0.400. The van der Waals surface area contributed by atoms with Crippen molar-refractivity contribution < 1.29 is 9.78 Å². The Labute approximate surface area is 73.0 Å². The maximum Gasteiger partial charge on any atom is 0.165 e. The van der Waals surface area contributed by atoms with Crippen molar-refractivity contribution in [2.24, 2.45) is 0 Å². The largest absolute Gasteiger partial charge is 0.338 e. The summed E-state index contributed by atoms with van der Waals surface area (Å²) in [7, 11) is 1.50. The van der Waals surface area contributed by atoms with Crippen LogP contribution in [0.3, 0.4) is 0 Å². The number of benzene rings is 1. The fourth-order valence-electron chi connectivity index (χ4n) is 1.02. The van der Waals surface area contributed by atoms with Crippen molar-refractivity contribution in [3.8, 4) is 5.75 Å². The van der Waals surface area contributed by atoms with Gasteiger partial charge in [-0.25, -0.2) is 0 Å². The summed E-state index contributed by atoms with van der Waals surface area (Å²) in [6.07, 6.45) is 0. The molecule has 66 valence electrons. The van der Waals surface area contributed by atoms with Crippen LogP contribution in [0.25, 0.3) is 0 Å². The van der Waals surface area contributed by atoms with Gasteiger partial charge in [0.25, 0.3) is 0 Å². The molecule has 1 rings (SSSR count). The summed E-state index contributed by atoms with van der Waals surface area (Å²) in [4.78, 5) is 9.46. The van der Waals surface area contributed by atoms with E-state index in [0.29, 0.717) is 5.92 Å². The first-order chi connectivity index (χ1) is 5.74. The summed E-state index contributed by atoms with van der Waals surface area (Å²) in [6, 6.07) is 7.89. The molecule has 0 N–H and O–H groups in total. The lowest BCUT2D eigenvalue weighted by Gasteiger charge is -2.06. The Hall–Kier alpha value is -1.02. The third-order valence-electron chi connectivity index (χ3n) is 1.70. The molecule has 0 aliphatic heterocycles. The van der Waals surface area contributed by atoms with Gasteiger partial charge < -0.3 is 4.89 Å². The maximum atomic E-state index is 4.90. The molecule has 0 saturated heterocycles. The molecular formula is C10H14O2. The number of rotatable bonds is 3. The van der Waals surface area contributed by atoms with Crippen molar-refractivity contribution in [3.05, 3.63) is 29.8 Å². The van der Waals surface area contributed by atoms with Crippen LogP contribution in [0.15, 0.2) is 24.3 Å². The van der Waals surface area contributed by atoms with E-state index in [9.17, 15) is 0 Å². The molecule has 0 unspecified atom stereocenters. The minimum atomic E-state index is 0.519. The molecule has 1 aromatic rings. The van der Waals surface area contributed by atoms with Gasteiger partial charge in [-0.2, -0.15) is 4.89 Å². The lowest BCUT2D eigenvalue weighted by molar-refractivity contribution is -0.178. The molecule has 0 bridgehead atoms. The van der Waals surface area contributed by atoms with Gasteiger partial charge >= 0.3 is 0 Å². The quantitative estimate of drug-likeness (QED) is 0.507. The summed E-state index contributed by atoms with van der Waals surface area (Å²) in [5.74, 6) is 1.27. The summed E-state index contributed by atoms with van der Waals surface area (Å²) in [5, 5.41) is 0. The molecule has 0 aliphatic carbocycles. The zero-order valence-corrected chi connectivity index (χ0v) is 7.70. The number of hydrogen-bond acceptors (Lipinski definition) is 2. The molecule has 0 aromatic heterocycles. The van der Waals surface area contributed by atoms with E-state index in [1.54, 1.807) is 0 Å². The van der Waals surface area contributed by atoms with Gasteiger partial charge in [0.05, 0.1) is 7.11 Å². The van der Waals surface area contributed by atoms with Crippen LogP contribution < -0.4 is 4.89 Å². The lowest BCUT2D eigenvalue weighted by Crippen LogP contribution is -1.92. The second-order valence-electron chi connectivity index (χ2n) is 2.98. The average molecular weight is 166 g/mol. The smallest absolute Gasteiger partial charge is 0.165 e. The van der Waals surface area contributed by atoms with Gasteiger partial charge in [0, 0.05) is 0 Å². The molecule has 2 heteroatoms. The van der Waals surface area contributed by atoms with Gasteiger partial charge in [-0.05, 0) is 23.6 Å². The highest BCUT2D eigenvalue weighted by Crippen LogP contribution is 2.19. The maximum absolute atomic E-state index is 4.90. The van der Waals surface area contributed by atoms with E-state index in [4.69, 9.17) is 4.89 Å². The van der Waals surface area contributed by atoms with Crippen molar-refractivity contribution in [3.63, 3.8) is 0 Å². The van der Waals surface area contributed by atoms with Gasteiger partial charge in [0.1, 0.15) is 0 Å². The average Bonchev–Trinajstić information content (AvgIpc) is 2.05. The van der Waals surface area contributed by atoms with Gasteiger partial charge in [-0.15, -0.1) is 0 Å². The SMILES string of the molecule is COOc1cccc(C(C)C)c1. The zero-order valence-electron chi connectivity index (χ0n) is 7.70. The first kappa shape index (κ1) is 9.07. The minimum absolute atomic E-state index is 0.519. The zero-order chi connectivity index (χ0) is 8.97. The molecule has 0 fully saturated rings. The molecule has 2 nitrogen and oxygen atoms in total. The van der Waals surface area contributed by atoms with Crippen molar-refractivity contribution in [2.45, 2.75) is 19.8 Å². The molecule has 1 aromatic carbocycles. The second kappa shape index (κ2) is 4.12. The third kappa shape index (κ3) is 2.24. The van der Waals surface area contributed by atoms with Crippen LogP contribution in [-0.2, 0) is 4.89 Å². The van der Waals surface area contributed by atoms with E-state index in [1.807, 2.05) is 18.2 Å². The molecule has 0 radical (unpaired) electrons. The predicted octanol–water partition coefficient (Wildman–Crippen LogP) is 2.75. The van der Waals surface area contributed by atoms with Crippen LogP contribution in [0.2, 0.25) is 0 Å². The van der Waals surface area contributed by atoms with E-state index < -0.39 is 0 Å². The lowest BCUT2D eigenvalue weighted by atomic mass is 10.0. The first-order valence-electron chi connectivity index (χ1n) is 4.04. The molecular weight excluding hydrogens is 152 g/mol. The Morgan fingerprint density at radius 3 is 2.58 bits per heavy atom. The predicted molar refractivity (Wildman–Crippen MR) is 48.2 cm³/mol. The Balaban J connectivity index is 2.81. The van der Waals surface area contributed by atoms with Crippen molar-refractivity contribution in [1.29, 1.82) is 0 Å². The van der Waals surface area contributed by atoms with Crippen LogP contribution in [-0.4, -0.2) is 7.11 Å². The number of hydrogen-bond donors (Lipinski definition) is 0. The van der Waals surface area contributed by atoms with Crippen molar-refractivity contribution in [1.82, 2.24) is 0 Å². The highest BCUT2D eigenvalue weighted by molar-refractivity contribution is 5.29. The molecule has 0 heterocycles. The molecule has 0 spiro atoms. The van der Waals surface area contributed by atoms with E-state index in [0.717, 1.165) is 5.75 Å². The Kier molecular flexibility index (Phi) is 3.11. The first-order valence-corrected chi connectivity index (χ1v) is 4.04. The summed E-state index contributed by atoms with van der Waals surface area (Å²) < 4.78 is 0. The van der Waals surface area contributed by atoms with Gasteiger partial charge in [0.15, 0.2) is 5.75 Å². The minimum Gasteiger partial charge on any atom is -0.338 e. The Morgan fingerprint density at radius 1 is 1.25 bits per heavy atom. The molecule has 0 atom stereocenters. The fourth-order valence-corrected chi connectivity index (χ4v) is 1.02. The third-order valence-corrected chi connectivity index (χ3v) is 1.70. The summed E-state index contributed by atoms with van der Waals surface area (Å²) in [5.41, 5.74) is 1.25. The van der Waals surface area contributed by atoms with Crippen LogP contribution in [0, 0.1) is 0 Å². The van der Waals surface area contributed by atoms with Crippen molar-refractivity contribution in [2.75, 3.05) is 7.11 Å². The second-order valence-corrected chi connectivity index (χ2v) is 2.98. The Morgan fingerprint density at radius 2 is 2.00 bits per heavy atom. The van der Waals surface area contributed by atoms with Crippen molar-refractivity contribution >= 4 is 0 Å². The molecule has 0 aliphatic rings. The standard InChI is InChI=1S/C10H14O2/c1-8(2)9-5-4-6-10(7-9)12-11-3/h4-8H,1-3H3. The topological polar surface area (TPSA) is 18.5 Å². The molecule has 12 heavy (non-hydrogen) atoms. The Bertz CT molecular complexity index is 243. The van der Waals surface area contributed by atoms with Crippen LogP contribution in [0.4, 0.5) is 0 Å². The summed E-state index contributed by atoms with van der Waals surface area (Å²) >= 11 is 0. The van der Waals surface area contributed by atoms with E-state index in [-0.39, 0.29) is 0 Å². The van der Waals surface area contributed by atoms with Crippen LogP contribution >= 0.6 is 0 Å². The molecule has 0 amide bonds. The van der Waals surface area contributed by atoms with Crippen LogP contribution in [0.1, 0.15) is 25.3 Å². The van der Waals surface area contributed by atoms with Crippen LogP contribution in [0.5, 0.6) is 5.75 Å². The van der Waals surface area contributed by atoms with E-state index in [2.05, 4.69) is 24.8 Å². The highest BCUT2D eigenvalue weighted by atomic mass is 17.2. The highest BCUT2D eigenvalue weighted by Gasteiger charge is 2.00. The summed E-state index contributed by atoms with van der Waals surface area (Å²) in [6.45, 7) is 4.29. The monoisotopic (exact) mass is 166 g/mol. The normalized spacial score (nSPS) is 10.3. The van der Waals surface area contributed by atoms with E-state index >= 15 is 0 Å². The van der Waals surface area contributed by atoms with Gasteiger partial charge in [-0.3, -0.25) is 0 Å². The van der Waals surface area contributed by atoms with Gasteiger partial charge in [0.2, 0.25) is 0 Å².